The summed E-state index contributed by atoms with van der Waals surface area (Å²) < 4.78 is 60.0. The number of benzene rings is 2. The molecular formula is C24H19ClF4N2O6. The molecule has 1 unspecified atom stereocenters. The number of carboxylic acids is 1. The van der Waals surface area contributed by atoms with Crippen molar-refractivity contribution in [2.24, 2.45) is 0 Å². The van der Waals surface area contributed by atoms with E-state index in [9.17, 15) is 36.7 Å². The van der Waals surface area contributed by atoms with Crippen LogP contribution in [0.5, 0.6) is 5.75 Å². The SMILES string of the molecule is CC[C@@H](C(=O)NC(CC(=O)O)C(=O)COc1c(F)c(F)cc(F)c1F)n1ccc2ccc(Cl)cc2c1=O. The van der Waals surface area contributed by atoms with E-state index < -0.39 is 77.3 Å². The van der Waals surface area contributed by atoms with Crippen LogP contribution in [-0.4, -0.2) is 40.0 Å². The number of aromatic nitrogens is 1. The molecule has 0 fully saturated rings. The molecule has 0 radical (unpaired) electrons. The Labute approximate surface area is 211 Å². The molecule has 0 saturated carbocycles. The Hall–Kier alpha value is -3.93. The van der Waals surface area contributed by atoms with Crippen LogP contribution in [0.4, 0.5) is 17.6 Å². The van der Waals surface area contributed by atoms with Gasteiger partial charge in [0.05, 0.1) is 6.42 Å². The lowest BCUT2D eigenvalue weighted by atomic mass is 10.1. The number of ether oxygens (including phenoxy) is 1. The molecule has 0 aliphatic carbocycles. The summed E-state index contributed by atoms with van der Waals surface area (Å²) >= 11 is 5.96. The molecule has 0 aliphatic rings. The van der Waals surface area contributed by atoms with Gasteiger partial charge in [-0.15, -0.1) is 0 Å². The number of carbonyl (C=O) groups excluding carboxylic acids is 2. The molecule has 37 heavy (non-hydrogen) atoms. The Bertz CT molecular complexity index is 1420. The number of nitrogens with zero attached hydrogens (tertiary/aromatic N) is 1. The molecule has 196 valence electrons. The minimum Gasteiger partial charge on any atom is -0.481 e. The number of carbonyl (C=O) groups is 3. The quantitative estimate of drug-likeness (QED) is 0.298. The van der Waals surface area contributed by atoms with Crippen molar-refractivity contribution < 1.29 is 41.8 Å². The van der Waals surface area contributed by atoms with E-state index in [2.05, 4.69) is 10.1 Å². The monoisotopic (exact) mass is 542 g/mol. The van der Waals surface area contributed by atoms with E-state index in [0.29, 0.717) is 5.39 Å². The molecular weight excluding hydrogens is 524 g/mol. The van der Waals surface area contributed by atoms with Crippen molar-refractivity contribution in [1.29, 1.82) is 0 Å². The van der Waals surface area contributed by atoms with Crippen molar-refractivity contribution >= 4 is 40.0 Å². The first-order valence-corrected chi connectivity index (χ1v) is 11.1. The number of Topliss-reactive ketones (excluding diaryl/α,β-unsaturated/α-hetero) is 1. The smallest absolute Gasteiger partial charge is 0.305 e. The largest absolute Gasteiger partial charge is 0.481 e. The molecule has 0 bridgehead atoms. The summed E-state index contributed by atoms with van der Waals surface area (Å²) in [6.07, 6.45) is 0.462. The Morgan fingerprint density at radius 2 is 1.73 bits per heavy atom. The van der Waals surface area contributed by atoms with Crippen LogP contribution in [0.25, 0.3) is 10.8 Å². The number of aliphatic carboxylic acids is 1. The lowest BCUT2D eigenvalue weighted by molar-refractivity contribution is -0.140. The maximum absolute atomic E-state index is 13.8. The van der Waals surface area contributed by atoms with Gasteiger partial charge in [0, 0.05) is 22.7 Å². The number of pyridine rings is 1. The number of rotatable bonds is 10. The zero-order valence-corrected chi connectivity index (χ0v) is 19.8. The van der Waals surface area contributed by atoms with Gasteiger partial charge in [0.25, 0.3) is 5.56 Å². The number of carboxylic acid groups (broad SMARTS) is 1. The molecule has 3 aromatic rings. The summed E-state index contributed by atoms with van der Waals surface area (Å²) in [5, 5.41) is 12.4. The van der Waals surface area contributed by atoms with Crippen molar-refractivity contribution in [3.05, 3.63) is 75.2 Å². The van der Waals surface area contributed by atoms with Gasteiger partial charge in [-0.3, -0.25) is 19.2 Å². The molecule has 13 heteroatoms. The first kappa shape index (κ1) is 27.7. The van der Waals surface area contributed by atoms with Gasteiger partial charge in [-0.2, -0.15) is 8.78 Å². The van der Waals surface area contributed by atoms with Crippen molar-refractivity contribution in [3.63, 3.8) is 0 Å². The van der Waals surface area contributed by atoms with Crippen LogP contribution in [0, 0.1) is 23.3 Å². The average Bonchev–Trinajstić information content (AvgIpc) is 2.84. The molecule has 3 rings (SSSR count). The molecule has 1 amide bonds. The van der Waals surface area contributed by atoms with E-state index in [1.165, 1.54) is 12.3 Å². The second-order valence-corrected chi connectivity index (χ2v) is 8.33. The van der Waals surface area contributed by atoms with Crippen LogP contribution >= 0.6 is 11.6 Å². The molecule has 8 nitrogen and oxygen atoms in total. The summed E-state index contributed by atoms with van der Waals surface area (Å²) in [4.78, 5) is 49.8. The van der Waals surface area contributed by atoms with Gasteiger partial charge in [0.1, 0.15) is 18.7 Å². The summed E-state index contributed by atoms with van der Waals surface area (Å²) in [6, 6.07) is 3.20. The van der Waals surface area contributed by atoms with E-state index in [4.69, 9.17) is 16.7 Å². The van der Waals surface area contributed by atoms with Crippen LogP contribution in [0.2, 0.25) is 5.02 Å². The summed E-state index contributed by atoms with van der Waals surface area (Å²) in [6.45, 7) is 0.347. The highest BCUT2D eigenvalue weighted by Gasteiger charge is 2.30. The molecule has 0 spiro atoms. The number of nitrogens with one attached hydrogen (secondary N) is 1. The normalized spacial score (nSPS) is 12.7. The highest BCUT2D eigenvalue weighted by molar-refractivity contribution is 6.31. The Balaban J connectivity index is 1.84. The van der Waals surface area contributed by atoms with Gasteiger partial charge in [0.15, 0.2) is 23.2 Å². The number of hydrogen-bond donors (Lipinski definition) is 2. The first-order valence-electron chi connectivity index (χ1n) is 10.8. The molecule has 2 N–H and O–H groups in total. The second kappa shape index (κ2) is 11.4. The minimum atomic E-state index is -1.90. The third-order valence-electron chi connectivity index (χ3n) is 5.43. The van der Waals surface area contributed by atoms with Gasteiger partial charge in [-0.05, 0) is 30.0 Å². The van der Waals surface area contributed by atoms with E-state index in [1.54, 1.807) is 25.1 Å². The van der Waals surface area contributed by atoms with Crippen LogP contribution in [-0.2, 0) is 14.4 Å². The van der Waals surface area contributed by atoms with Crippen LogP contribution in [0.15, 0.2) is 41.3 Å². The van der Waals surface area contributed by atoms with E-state index >= 15 is 0 Å². The van der Waals surface area contributed by atoms with Gasteiger partial charge in [-0.25, -0.2) is 8.78 Å². The maximum Gasteiger partial charge on any atom is 0.305 e. The first-order chi connectivity index (χ1) is 17.4. The van der Waals surface area contributed by atoms with E-state index in [0.717, 1.165) is 4.57 Å². The topological polar surface area (TPSA) is 115 Å². The molecule has 2 aromatic carbocycles. The summed E-state index contributed by atoms with van der Waals surface area (Å²) in [5.41, 5.74) is -0.564. The van der Waals surface area contributed by atoms with Crippen molar-refractivity contribution in [2.75, 3.05) is 6.61 Å². The van der Waals surface area contributed by atoms with Crippen LogP contribution < -0.4 is 15.6 Å². The average molecular weight is 543 g/mol. The minimum absolute atomic E-state index is 0.0552. The number of fused-ring (bicyclic) bond motifs is 1. The van der Waals surface area contributed by atoms with Crippen LogP contribution in [0.3, 0.4) is 0 Å². The Morgan fingerprint density at radius 1 is 1.08 bits per heavy atom. The van der Waals surface area contributed by atoms with Crippen LogP contribution in [0.1, 0.15) is 25.8 Å². The van der Waals surface area contributed by atoms with E-state index in [1.807, 2.05) is 0 Å². The lowest BCUT2D eigenvalue weighted by Crippen LogP contribution is -2.47. The molecule has 1 heterocycles. The van der Waals surface area contributed by atoms with Gasteiger partial charge in [0.2, 0.25) is 17.5 Å². The van der Waals surface area contributed by atoms with Gasteiger partial charge < -0.3 is 19.7 Å². The van der Waals surface area contributed by atoms with Crippen molar-refractivity contribution in [2.45, 2.75) is 31.8 Å². The van der Waals surface area contributed by atoms with Crippen molar-refractivity contribution in [3.8, 4) is 5.75 Å². The fourth-order valence-electron chi connectivity index (χ4n) is 3.59. The Kier molecular flexibility index (Phi) is 8.53. The third-order valence-corrected chi connectivity index (χ3v) is 5.67. The summed E-state index contributed by atoms with van der Waals surface area (Å²) in [5.74, 6) is -12.4. The number of amides is 1. The molecule has 0 aliphatic heterocycles. The predicted molar refractivity (Wildman–Crippen MR) is 124 cm³/mol. The zero-order chi connectivity index (χ0) is 27.4. The fraction of sp³-hybridized carbons (Fsp3) is 0.250. The summed E-state index contributed by atoms with van der Waals surface area (Å²) in [7, 11) is 0. The van der Waals surface area contributed by atoms with Crippen molar-refractivity contribution in [1.82, 2.24) is 9.88 Å². The number of ketones is 1. The molecule has 1 aromatic heterocycles. The number of hydrogen-bond acceptors (Lipinski definition) is 5. The fourth-order valence-corrected chi connectivity index (χ4v) is 3.76. The molecule has 2 atom stereocenters. The highest BCUT2D eigenvalue weighted by Crippen LogP contribution is 2.26. The lowest BCUT2D eigenvalue weighted by Gasteiger charge is -2.22. The zero-order valence-electron chi connectivity index (χ0n) is 19.1. The maximum atomic E-state index is 13.8. The number of halogens is 5. The standard InChI is InChI=1S/C24H19ClF4N2O6/c1-2-17(31-6-5-11-3-4-12(25)7-13(11)24(31)36)23(35)30-16(9-19(33)34)18(32)10-37-22-20(28)14(26)8-15(27)21(22)29/h3-8,16-17H,2,9-10H2,1H3,(H,30,35)(H,33,34)/t16?,17-/m0/s1. The predicted octanol–water partition coefficient (Wildman–Crippen LogP) is 3.77. The van der Waals surface area contributed by atoms with E-state index in [-0.39, 0.29) is 22.9 Å². The molecule has 0 saturated heterocycles. The van der Waals surface area contributed by atoms with Gasteiger partial charge in [-0.1, -0.05) is 24.6 Å². The van der Waals surface area contributed by atoms with Gasteiger partial charge >= 0.3 is 5.97 Å². The Morgan fingerprint density at radius 3 is 2.32 bits per heavy atom. The second-order valence-electron chi connectivity index (χ2n) is 7.90. The highest BCUT2D eigenvalue weighted by atomic mass is 35.5. The third kappa shape index (κ3) is 6.08.